The van der Waals surface area contributed by atoms with Crippen molar-refractivity contribution >= 4 is 32.7 Å². The van der Waals surface area contributed by atoms with E-state index >= 15 is 0 Å². The number of hydrogen-bond donors (Lipinski definition) is 0. The maximum atomic E-state index is 9.41. The van der Waals surface area contributed by atoms with E-state index in [1.54, 1.807) is 12.1 Å². The molecular weight excluding hydrogens is 673 g/mol. The first-order valence-electron chi connectivity index (χ1n) is 18.1. The number of nitriles is 1. The number of nitrogens with zero attached hydrogens (tertiary/aromatic N) is 6. The number of aromatic nitrogens is 5. The molecule has 0 aliphatic rings. The molecule has 55 heavy (non-hydrogen) atoms. The second-order valence-corrected chi connectivity index (χ2v) is 13.4. The lowest BCUT2D eigenvalue weighted by atomic mass is 10.0. The van der Waals surface area contributed by atoms with Crippen LogP contribution in [0.5, 0.6) is 0 Å². The molecule has 0 atom stereocenters. The third kappa shape index (κ3) is 5.68. The molecule has 0 bridgehead atoms. The Morgan fingerprint density at radius 1 is 0.400 bits per heavy atom. The summed E-state index contributed by atoms with van der Waals surface area (Å²) in [6, 6.07) is 63.9. The van der Waals surface area contributed by atoms with E-state index in [2.05, 4.69) is 144 Å². The van der Waals surface area contributed by atoms with Gasteiger partial charge in [0.15, 0.2) is 17.5 Å². The SMILES string of the molecule is N#Cc1ccc(-c2nc(-c3ccc(-c4ccccc4)cc3)nc(-c3ccc(-c4nc5ccccc5c5c4c4ccccc4n5-c4ccccc4)cc3)n2)cc1. The molecule has 3 aromatic heterocycles. The second-order valence-electron chi connectivity index (χ2n) is 13.4. The molecule has 0 fully saturated rings. The molecule has 0 N–H and O–H groups in total. The average molecular weight is 703 g/mol. The zero-order valence-corrected chi connectivity index (χ0v) is 29.5. The van der Waals surface area contributed by atoms with Crippen molar-refractivity contribution in [3.63, 3.8) is 0 Å². The van der Waals surface area contributed by atoms with E-state index in [4.69, 9.17) is 19.9 Å². The summed E-state index contributed by atoms with van der Waals surface area (Å²) in [4.78, 5) is 20.2. The maximum absolute atomic E-state index is 9.41. The smallest absolute Gasteiger partial charge is 0.164 e. The minimum atomic E-state index is 0.535. The van der Waals surface area contributed by atoms with Crippen molar-refractivity contribution in [2.75, 3.05) is 0 Å². The quantitative estimate of drug-likeness (QED) is 0.172. The Morgan fingerprint density at radius 2 is 0.873 bits per heavy atom. The van der Waals surface area contributed by atoms with Crippen LogP contribution >= 0.6 is 0 Å². The highest BCUT2D eigenvalue weighted by Crippen LogP contribution is 2.41. The van der Waals surface area contributed by atoms with Crippen molar-refractivity contribution < 1.29 is 0 Å². The summed E-state index contributed by atoms with van der Waals surface area (Å²) >= 11 is 0. The van der Waals surface area contributed by atoms with Crippen molar-refractivity contribution in [3.05, 3.63) is 188 Å². The summed E-state index contributed by atoms with van der Waals surface area (Å²) in [5, 5.41) is 12.8. The lowest BCUT2D eigenvalue weighted by molar-refractivity contribution is 1.07. The molecule has 10 aromatic rings. The molecule has 0 amide bonds. The molecule has 0 unspecified atom stereocenters. The van der Waals surface area contributed by atoms with Crippen LogP contribution in [-0.4, -0.2) is 24.5 Å². The first kappa shape index (κ1) is 31.9. The minimum Gasteiger partial charge on any atom is -0.308 e. The van der Waals surface area contributed by atoms with Gasteiger partial charge >= 0.3 is 0 Å². The second kappa shape index (κ2) is 13.3. The molecule has 256 valence electrons. The summed E-state index contributed by atoms with van der Waals surface area (Å²) in [6.45, 7) is 0. The highest BCUT2D eigenvalue weighted by Gasteiger charge is 2.21. The lowest BCUT2D eigenvalue weighted by Crippen LogP contribution is -2.00. The van der Waals surface area contributed by atoms with E-state index in [0.29, 0.717) is 23.0 Å². The van der Waals surface area contributed by atoms with Crippen molar-refractivity contribution in [1.82, 2.24) is 24.5 Å². The zero-order chi connectivity index (χ0) is 36.7. The van der Waals surface area contributed by atoms with Crippen molar-refractivity contribution in [2.24, 2.45) is 0 Å². The topological polar surface area (TPSA) is 80.3 Å². The van der Waals surface area contributed by atoms with Gasteiger partial charge in [0.25, 0.3) is 0 Å². The Kier molecular flexibility index (Phi) is 7.75. The third-order valence-electron chi connectivity index (χ3n) is 10.1. The number of para-hydroxylation sites is 3. The Bertz CT molecular complexity index is 3050. The van der Waals surface area contributed by atoms with Gasteiger partial charge in [0.2, 0.25) is 0 Å². The largest absolute Gasteiger partial charge is 0.308 e. The standard InChI is InChI=1S/C49H30N6/c50-31-32-19-21-36(22-20-32)47-52-48(37-27-23-34(24-28-37)33-11-3-1-4-12-33)54-49(53-47)38-29-25-35(26-30-38)45-44-41-16-8-10-18-43(41)55(39-13-5-2-6-14-39)46(44)40-15-7-9-17-42(40)51-45/h1-30H. The summed E-state index contributed by atoms with van der Waals surface area (Å²) in [7, 11) is 0. The van der Waals surface area contributed by atoms with Gasteiger partial charge in [-0.3, -0.25) is 0 Å². The van der Waals surface area contributed by atoms with Crippen LogP contribution in [0.4, 0.5) is 0 Å². The molecule has 10 rings (SSSR count). The van der Waals surface area contributed by atoms with E-state index in [0.717, 1.165) is 77.5 Å². The third-order valence-corrected chi connectivity index (χ3v) is 10.1. The fourth-order valence-electron chi connectivity index (χ4n) is 7.41. The number of benzene rings is 7. The normalized spacial score (nSPS) is 11.3. The van der Waals surface area contributed by atoms with Crippen LogP contribution in [0.2, 0.25) is 0 Å². The molecule has 0 saturated carbocycles. The molecule has 0 aliphatic carbocycles. The van der Waals surface area contributed by atoms with Crippen LogP contribution in [0.1, 0.15) is 5.56 Å². The van der Waals surface area contributed by atoms with Crippen LogP contribution in [-0.2, 0) is 0 Å². The van der Waals surface area contributed by atoms with E-state index in [1.807, 2.05) is 36.4 Å². The molecule has 0 aliphatic heterocycles. The predicted octanol–water partition coefficient (Wildman–Crippen LogP) is 11.7. The summed E-state index contributed by atoms with van der Waals surface area (Å²) in [5.74, 6) is 1.66. The Balaban J connectivity index is 1.12. The zero-order valence-electron chi connectivity index (χ0n) is 29.5. The summed E-state index contributed by atoms with van der Waals surface area (Å²) < 4.78 is 2.36. The van der Waals surface area contributed by atoms with Gasteiger partial charge in [0, 0.05) is 44.1 Å². The number of hydrogen-bond acceptors (Lipinski definition) is 5. The summed E-state index contributed by atoms with van der Waals surface area (Å²) in [6.07, 6.45) is 0. The number of rotatable bonds is 6. The monoisotopic (exact) mass is 702 g/mol. The average Bonchev–Trinajstić information content (AvgIpc) is 3.62. The molecule has 3 heterocycles. The van der Waals surface area contributed by atoms with E-state index in [1.165, 1.54) is 0 Å². The fraction of sp³-hybridized carbons (Fsp3) is 0. The lowest BCUT2D eigenvalue weighted by Gasteiger charge is -2.12. The van der Waals surface area contributed by atoms with Crippen LogP contribution in [0.25, 0.3) is 94.9 Å². The van der Waals surface area contributed by atoms with Crippen molar-refractivity contribution in [3.8, 4) is 68.3 Å². The highest BCUT2D eigenvalue weighted by atomic mass is 15.0. The predicted molar refractivity (Wildman–Crippen MR) is 221 cm³/mol. The van der Waals surface area contributed by atoms with Crippen LogP contribution in [0.3, 0.4) is 0 Å². The van der Waals surface area contributed by atoms with Crippen molar-refractivity contribution in [1.29, 1.82) is 5.26 Å². The molecule has 0 saturated heterocycles. The Labute approximate surface area is 317 Å². The van der Waals surface area contributed by atoms with Gasteiger partial charge in [-0.15, -0.1) is 0 Å². The van der Waals surface area contributed by atoms with Crippen LogP contribution < -0.4 is 0 Å². The van der Waals surface area contributed by atoms with Gasteiger partial charge in [0.1, 0.15) is 0 Å². The molecule has 0 radical (unpaired) electrons. The molecular formula is C49H30N6. The number of pyridine rings is 1. The maximum Gasteiger partial charge on any atom is 0.164 e. The minimum absolute atomic E-state index is 0.535. The molecule has 0 spiro atoms. The summed E-state index contributed by atoms with van der Waals surface area (Å²) in [5.41, 5.74) is 11.6. The fourth-order valence-corrected chi connectivity index (χ4v) is 7.41. The van der Waals surface area contributed by atoms with E-state index < -0.39 is 0 Å². The van der Waals surface area contributed by atoms with Gasteiger partial charge in [0.05, 0.1) is 33.9 Å². The van der Waals surface area contributed by atoms with E-state index in [-0.39, 0.29) is 0 Å². The molecule has 6 heteroatoms. The number of fused-ring (bicyclic) bond motifs is 5. The first-order valence-corrected chi connectivity index (χ1v) is 18.1. The Morgan fingerprint density at radius 3 is 1.49 bits per heavy atom. The van der Waals surface area contributed by atoms with Gasteiger partial charge in [-0.2, -0.15) is 5.26 Å². The van der Waals surface area contributed by atoms with E-state index in [9.17, 15) is 5.26 Å². The molecule has 6 nitrogen and oxygen atoms in total. The van der Waals surface area contributed by atoms with Crippen LogP contribution in [0.15, 0.2) is 182 Å². The van der Waals surface area contributed by atoms with Crippen LogP contribution in [0, 0.1) is 11.3 Å². The van der Waals surface area contributed by atoms with Gasteiger partial charge < -0.3 is 4.57 Å². The Hall–Kier alpha value is -7.75. The van der Waals surface area contributed by atoms with Crippen molar-refractivity contribution in [2.45, 2.75) is 0 Å². The van der Waals surface area contributed by atoms with Gasteiger partial charge in [-0.05, 0) is 59.7 Å². The highest BCUT2D eigenvalue weighted by molar-refractivity contribution is 6.22. The van der Waals surface area contributed by atoms with Gasteiger partial charge in [-0.25, -0.2) is 19.9 Å². The van der Waals surface area contributed by atoms with Gasteiger partial charge in [-0.1, -0.05) is 133 Å². The molecule has 7 aromatic carbocycles. The first-order chi connectivity index (χ1) is 27.2.